The molecule has 1 amide bonds. The molecule has 0 saturated carbocycles. The third-order valence-electron chi connectivity index (χ3n) is 4.18. The minimum Gasteiger partial charge on any atom is -0.487 e. The van der Waals surface area contributed by atoms with E-state index >= 15 is 0 Å². The third-order valence-corrected chi connectivity index (χ3v) is 4.18. The van der Waals surface area contributed by atoms with E-state index in [1.165, 1.54) is 6.07 Å². The Morgan fingerprint density at radius 3 is 2.72 bits per heavy atom. The fourth-order valence-electron chi connectivity index (χ4n) is 3.08. The topological polar surface area (TPSA) is 64.4 Å². The van der Waals surface area contributed by atoms with E-state index in [0.717, 1.165) is 17.7 Å². The quantitative estimate of drug-likeness (QED) is 0.836. The van der Waals surface area contributed by atoms with Gasteiger partial charge in [0.05, 0.1) is 12.5 Å². The van der Waals surface area contributed by atoms with E-state index in [2.05, 4.69) is 5.32 Å². The van der Waals surface area contributed by atoms with Crippen LogP contribution in [0.15, 0.2) is 36.4 Å². The summed E-state index contributed by atoms with van der Waals surface area (Å²) in [4.78, 5) is 12.4. The molecule has 1 unspecified atom stereocenters. The number of carbonyl (C=O) groups is 1. The number of ether oxygens (including phenoxy) is 1. The van der Waals surface area contributed by atoms with E-state index < -0.39 is 17.2 Å². The molecule has 0 spiro atoms. The lowest BCUT2D eigenvalue weighted by atomic mass is 9.89. The second kappa shape index (κ2) is 6.35. The molecule has 0 radical (unpaired) electrons. The molecule has 6 heteroatoms. The van der Waals surface area contributed by atoms with Gasteiger partial charge in [-0.2, -0.15) is 0 Å². The number of nitrogens with one attached hydrogen (secondary N) is 1. The minimum absolute atomic E-state index is 0.0351. The maximum Gasteiger partial charge on any atom is 0.224 e. The van der Waals surface area contributed by atoms with Gasteiger partial charge >= 0.3 is 0 Å². The number of nitrogens with two attached hydrogens (primary N) is 1. The van der Waals surface area contributed by atoms with Gasteiger partial charge in [-0.1, -0.05) is 6.07 Å². The summed E-state index contributed by atoms with van der Waals surface area (Å²) < 4.78 is 32.2. The van der Waals surface area contributed by atoms with Crippen molar-refractivity contribution >= 4 is 11.6 Å². The highest BCUT2D eigenvalue weighted by molar-refractivity contribution is 5.79. The van der Waals surface area contributed by atoms with Gasteiger partial charge in [-0.3, -0.25) is 4.79 Å². The van der Waals surface area contributed by atoms with E-state index in [1.807, 2.05) is 13.8 Å². The highest BCUT2D eigenvalue weighted by Gasteiger charge is 2.34. The van der Waals surface area contributed by atoms with Crippen LogP contribution in [0.4, 0.5) is 14.5 Å². The van der Waals surface area contributed by atoms with E-state index in [4.69, 9.17) is 10.5 Å². The first-order valence-corrected chi connectivity index (χ1v) is 8.05. The Kier molecular flexibility index (Phi) is 4.37. The smallest absolute Gasteiger partial charge is 0.224 e. The fourth-order valence-corrected chi connectivity index (χ4v) is 3.08. The molecule has 3 rings (SSSR count). The Balaban J connectivity index is 1.78. The summed E-state index contributed by atoms with van der Waals surface area (Å²) in [6, 6.07) is 8.52. The number of hydrogen-bond donors (Lipinski definition) is 2. The van der Waals surface area contributed by atoms with Crippen molar-refractivity contribution in [3.05, 3.63) is 59.2 Å². The lowest BCUT2D eigenvalue weighted by molar-refractivity contribution is -0.121. The van der Waals surface area contributed by atoms with Gasteiger partial charge in [0.2, 0.25) is 5.91 Å². The predicted octanol–water partition coefficient (Wildman–Crippen LogP) is 3.51. The van der Waals surface area contributed by atoms with Crippen LogP contribution in [-0.4, -0.2) is 11.5 Å². The lowest BCUT2D eigenvalue weighted by Gasteiger charge is -2.38. The average Bonchev–Trinajstić information content (AvgIpc) is 2.51. The van der Waals surface area contributed by atoms with Gasteiger partial charge in [0, 0.05) is 17.7 Å². The second-order valence-electron chi connectivity index (χ2n) is 6.91. The van der Waals surface area contributed by atoms with Crippen molar-refractivity contribution in [3.8, 4) is 5.75 Å². The summed E-state index contributed by atoms with van der Waals surface area (Å²) in [5.74, 6) is -1.49. The molecule has 0 bridgehead atoms. The summed E-state index contributed by atoms with van der Waals surface area (Å²) in [6.07, 6.45) is 0.541. The third kappa shape index (κ3) is 3.90. The van der Waals surface area contributed by atoms with Crippen LogP contribution in [0.5, 0.6) is 5.75 Å². The van der Waals surface area contributed by atoms with Gasteiger partial charge in [0.25, 0.3) is 0 Å². The zero-order chi connectivity index (χ0) is 18.2. The fraction of sp³-hybridized carbons (Fsp3) is 0.316. The Morgan fingerprint density at radius 1 is 1.24 bits per heavy atom. The lowest BCUT2D eigenvalue weighted by Crippen LogP contribution is -2.41. The van der Waals surface area contributed by atoms with Crippen LogP contribution in [0.2, 0.25) is 0 Å². The van der Waals surface area contributed by atoms with Gasteiger partial charge in [0.1, 0.15) is 11.4 Å². The molecule has 0 aromatic heterocycles. The molecule has 4 nitrogen and oxygen atoms in total. The SMILES string of the molecule is CC1(C)CC(NC(=O)Cc2ccc(F)c(F)c2)c2cc(N)ccc2O1. The zero-order valence-electron chi connectivity index (χ0n) is 14.1. The highest BCUT2D eigenvalue weighted by Crippen LogP contribution is 2.40. The maximum absolute atomic E-state index is 13.3. The van der Waals surface area contributed by atoms with Gasteiger partial charge in [-0.15, -0.1) is 0 Å². The van der Waals surface area contributed by atoms with E-state index in [9.17, 15) is 13.6 Å². The average molecular weight is 346 g/mol. The molecule has 3 N–H and O–H groups in total. The molecule has 132 valence electrons. The van der Waals surface area contributed by atoms with Gasteiger partial charge in [0.15, 0.2) is 11.6 Å². The largest absolute Gasteiger partial charge is 0.487 e. The van der Waals surface area contributed by atoms with Crippen LogP contribution in [0.25, 0.3) is 0 Å². The number of anilines is 1. The molecule has 1 aliphatic rings. The van der Waals surface area contributed by atoms with E-state index in [0.29, 0.717) is 23.4 Å². The molecule has 1 aliphatic heterocycles. The van der Waals surface area contributed by atoms with Crippen molar-refractivity contribution < 1.29 is 18.3 Å². The van der Waals surface area contributed by atoms with Gasteiger partial charge < -0.3 is 15.8 Å². The van der Waals surface area contributed by atoms with Crippen molar-refractivity contribution in [2.75, 3.05) is 5.73 Å². The molecule has 2 aromatic rings. The Labute approximate surface area is 145 Å². The number of amides is 1. The molecule has 1 atom stereocenters. The number of hydrogen-bond acceptors (Lipinski definition) is 3. The number of halogens is 2. The monoisotopic (exact) mass is 346 g/mol. The van der Waals surface area contributed by atoms with Crippen LogP contribution in [0, 0.1) is 11.6 Å². The molecule has 2 aromatic carbocycles. The highest BCUT2D eigenvalue weighted by atomic mass is 19.2. The number of carbonyl (C=O) groups excluding carboxylic acids is 1. The number of benzene rings is 2. The molecular formula is C19H20F2N2O2. The van der Waals surface area contributed by atoms with Crippen LogP contribution < -0.4 is 15.8 Å². The summed E-state index contributed by atoms with van der Waals surface area (Å²) in [5.41, 5.74) is 7.23. The van der Waals surface area contributed by atoms with Crippen LogP contribution in [0.3, 0.4) is 0 Å². The first kappa shape index (κ1) is 17.2. The minimum atomic E-state index is -0.962. The Morgan fingerprint density at radius 2 is 2.00 bits per heavy atom. The van der Waals surface area contributed by atoms with Gasteiger partial charge in [-0.05, 0) is 49.7 Å². The van der Waals surface area contributed by atoms with E-state index in [-0.39, 0.29) is 18.4 Å². The molecule has 25 heavy (non-hydrogen) atoms. The Bertz CT molecular complexity index is 821. The number of rotatable bonds is 3. The molecular weight excluding hydrogens is 326 g/mol. The van der Waals surface area contributed by atoms with Gasteiger partial charge in [-0.25, -0.2) is 8.78 Å². The van der Waals surface area contributed by atoms with Crippen LogP contribution >= 0.6 is 0 Å². The normalized spacial score (nSPS) is 18.2. The van der Waals surface area contributed by atoms with Crippen molar-refractivity contribution in [2.45, 2.75) is 38.3 Å². The Hall–Kier alpha value is -2.63. The molecule has 0 saturated heterocycles. The van der Waals surface area contributed by atoms with Crippen molar-refractivity contribution in [2.24, 2.45) is 0 Å². The first-order chi connectivity index (χ1) is 11.7. The molecule has 0 fully saturated rings. The van der Waals surface area contributed by atoms with Crippen LogP contribution in [-0.2, 0) is 11.2 Å². The van der Waals surface area contributed by atoms with Crippen molar-refractivity contribution in [1.29, 1.82) is 0 Å². The standard InChI is InChI=1S/C19H20F2N2O2/c1-19(2)10-16(13-9-12(22)4-6-17(13)25-19)23-18(24)8-11-3-5-14(20)15(21)7-11/h3-7,9,16H,8,10,22H2,1-2H3,(H,23,24). The van der Waals surface area contributed by atoms with E-state index in [1.54, 1.807) is 18.2 Å². The summed E-state index contributed by atoms with van der Waals surface area (Å²) in [5, 5.41) is 2.95. The summed E-state index contributed by atoms with van der Waals surface area (Å²) in [6.45, 7) is 3.89. The number of nitrogen functional groups attached to an aromatic ring is 1. The summed E-state index contributed by atoms with van der Waals surface area (Å²) in [7, 11) is 0. The molecule has 1 heterocycles. The van der Waals surface area contributed by atoms with Crippen LogP contribution in [0.1, 0.15) is 37.4 Å². The first-order valence-electron chi connectivity index (χ1n) is 8.05. The second-order valence-corrected chi connectivity index (χ2v) is 6.91. The van der Waals surface area contributed by atoms with Crippen molar-refractivity contribution in [3.63, 3.8) is 0 Å². The molecule has 0 aliphatic carbocycles. The number of fused-ring (bicyclic) bond motifs is 1. The predicted molar refractivity (Wildman–Crippen MR) is 91.1 cm³/mol. The maximum atomic E-state index is 13.3. The summed E-state index contributed by atoms with van der Waals surface area (Å²) >= 11 is 0. The zero-order valence-corrected chi connectivity index (χ0v) is 14.1. The van der Waals surface area contributed by atoms with Crippen molar-refractivity contribution in [1.82, 2.24) is 5.32 Å².